The van der Waals surface area contributed by atoms with E-state index >= 15 is 0 Å². The first-order valence-electron chi connectivity index (χ1n) is 23.3. The van der Waals surface area contributed by atoms with Crippen molar-refractivity contribution in [2.45, 2.75) is 262 Å². The number of hydrogen-bond donors (Lipinski definition) is 1. The van der Waals surface area contributed by atoms with E-state index in [9.17, 15) is 0 Å². The number of aromatic amines is 1. The van der Waals surface area contributed by atoms with Crippen molar-refractivity contribution in [1.29, 1.82) is 0 Å². The van der Waals surface area contributed by atoms with Crippen LogP contribution in [0.3, 0.4) is 0 Å². The summed E-state index contributed by atoms with van der Waals surface area (Å²) >= 11 is 3.50. The lowest BCUT2D eigenvalue weighted by atomic mass is 9.88. The summed E-state index contributed by atoms with van der Waals surface area (Å²) in [5, 5.41) is 29.5. The molecule has 0 fully saturated rings. The number of hydrogen-bond acceptors (Lipinski definition) is 11. The number of H-pyrrole nitrogens is 1. The van der Waals surface area contributed by atoms with E-state index in [1.807, 2.05) is 0 Å². The van der Waals surface area contributed by atoms with Gasteiger partial charge in [-0.1, -0.05) is 218 Å². The lowest BCUT2D eigenvalue weighted by Gasteiger charge is -2.17. The largest absolute Gasteiger partial charge is 0.361 e. The Kier molecular flexibility index (Phi) is 19.3. The zero-order valence-electron chi connectivity index (χ0n) is 47.0. The van der Waals surface area contributed by atoms with Gasteiger partial charge >= 0.3 is 0 Å². The van der Waals surface area contributed by atoms with E-state index in [0.29, 0.717) is 0 Å². The maximum Gasteiger partial charge on any atom is 0.156 e. The van der Waals surface area contributed by atoms with Crippen LogP contribution in [0.5, 0.6) is 0 Å². The maximum absolute atomic E-state index is 5.31. The smallest absolute Gasteiger partial charge is 0.156 e. The van der Waals surface area contributed by atoms with Crippen LogP contribution in [0.4, 0.5) is 0 Å². The minimum atomic E-state index is 0.0278. The van der Waals surface area contributed by atoms with Gasteiger partial charge < -0.3 is 9.05 Å². The standard InChI is InChI=1S/2C11H19NO.C11H19NS.C10H19N3.C10H18N2S/c2*1-10(2,3)8-7-9(13-12-8)11(4,5)6;1-10(2,3)8-7-13-9(12-8)11(4,5)6;1-9(2,3)7-11-8(13-12-7)10(4,5)6;1-9(2,3)7-11-12-8(13-7)10(4,5)6/h3*7H,1-6H3;1-6H3,(H,11,12,13);1-6H3. The summed E-state index contributed by atoms with van der Waals surface area (Å²) in [4.78, 5) is 9.16. The molecule has 5 rings (SSSR count). The van der Waals surface area contributed by atoms with Gasteiger partial charge in [-0.25, -0.2) is 9.97 Å². The summed E-state index contributed by atoms with van der Waals surface area (Å²) in [6.45, 7) is 64.5. The Morgan fingerprint density at radius 1 is 0.385 bits per heavy atom. The molecular weight excluding hydrogens is 845 g/mol. The molecule has 65 heavy (non-hydrogen) atoms. The summed E-state index contributed by atoms with van der Waals surface area (Å²) in [6, 6.07) is 4.11. The first kappa shape index (κ1) is 59.8. The third kappa shape index (κ3) is 20.3. The summed E-state index contributed by atoms with van der Waals surface area (Å²) in [6.07, 6.45) is 0. The van der Waals surface area contributed by atoms with E-state index in [4.69, 9.17) is 9.05 Å². The second kappa shape index (κ2) is 20.9. The molecule has 0 bridgehead atoms. The minimum absolute atomic E-state index is 0.0278. The Hall–Kier alpha value is -3.25. The highest BCUT2D eigenvalue weighted by atomic mass is 32.1. The highest BCUT2D eigenvalue weighted by molar-refractivity contribution is 7.11. The summed E-state index contributed by atoms with van der Waals surface area (Å²) in [5.41, 5.74) is 4.22. The monoisotopic (exact) mass is 939 g/mol. The highest BCUT2D eigenvalue weighted by Gasteiger charge is 2.28. The second-order valence-electron chi connectivity index (χ2n) is 27.6. The van der Waals surface area contributed by atoms with Gasteiger partial charge in [-0.15, -0.1) is 32.9 Å². The van der Waals surface area contributed by atoms with Crippen molar-refractivity contribution in [3.05, 3.63) is 72.8 Å². The van der Waals surface area contributed by atoms with Crippen molar-refractivity contribution in [1.82, 2.24) is 40.7 Å². The Balaban J connectivity index is 0.000000406. The van der Waals surface area contributed by atoms with Crippen LogP contribution in [0, 0.1) is 0 Å². The van der Waals surface area contributed by atoms with Crippen molar-refractivity contribution < 1.29 is 9.05 Å². The first-order valence-corrected chi connectivity index (χ1v) is 24.9. The highest BCUT2D eigenvalue weighted by Crippen LogP contribution is 2.33. The first-order chi connectivity index (χ1) is 28.6. The Morgan fingerprint density at radius 2 is 0.738 bits per heavy atom. The molecule has 0 amide bonds. The second-order valence-corrected chi connectivity index (χ2v) is 29.4. The van der Waals surface area contributed by atoms with Gasteiger partial charge in [-0.05, 0) is 0 Å². The van der Waals surface area contributed by atoms with Crippen molar-refractivity contribution in [3.63, 3.8) is 0 Å². The van der Waals surface area contributed by atoms with E-state index in [1.54, 1.807) is 22.7 Å². The van der Waals surface area contributed by atoms with Gasteiger partial charge in [-0.3, -0.25) is 5.10 Å². The van der Waals surface area contributed by atoms with Gasteiger partial charge in [0.15, 0.2) is 5.82 Å². The van der Waals surface area contributed by atoms with Crippen LogP contribution in [0.25, 0.3) is 0 Å². The number of nitrogens with zero attached hydrogens (tertiary/aromatic N) is 7. The molecule has 0 aliphatic rings. The third-order valence-electron chi connectivity index (χ3n) is 9.52. The molecular formula is C53H94N8O2S2. The van der Waals surface area contributed by atoms with Crippen LogP contribution in [0.15, 0.2) is 26.6 Å². The van der Waals surface area contributed by atoms with Crippen LogP contribution >= 0.6 is 22.7 Å². The Bertz CT molecular complexity index is 1660. The van der Waals surface area contributed by atoms with Crippen molar-refractivity contribution >= 4 is 22.7 Å². The lowest BCUT2D eigenvalue weighted by Crippen LogP contribution is -2.16. The molecule has 5 aromatic rings. The Labute approximate surface area is 405 Å². The van der Waals surface area contributed by atoms with E-state index < -0.39 is 0 Å². The Morgan fingerprint density at radius 3 is 0.908 bits per heavy atom. The van der Waals surface area contributed by atoms with Crippen molar-refractivity contribution in [2.24, 2.45) is 0 Å². The molecule has 0 radical (unpaired) electrons. The lowest BCUT2D eigenvalue weighted by molar-refractivity contribution is 0.319. The fourth-order valence-corrected chi connectivity index (χ4v) is 6.78. The number of aromatic nitrogens is 8. The fourth-order valence-electron chi connectivity index (χ4n) is 4.69. The average Bonchev–Trinajstić information content (AvgIpc) is 3.92. The maximum atomic E-state index is 5.31. The van der Waals surface area contributed by atoms with Gasteiger partial charge in [0.05, 0.1) is 22.1 Å². The summed E-state index contributed by atoms with van der Waals surface area (Å²) < 4.78 is 10.6. The zero-order valence-corrected chi connectivity index (χ0v) is 48.6. The SMILES string of the molecule is CC(C)(C)c1cc(C(C)(C)C)on1.CC(C)(C)c1cc(C(C)(C)C)on1.CC(C)(C)c1csc(C(C)(C)C)n1.CC(C)(C)c1n[nH]c(C(C)(C)C)n1.CC(C)(C)c1nnc(C(C)(C)C)s1. The summed E-state index contributed by atoms with van der Waals surface area (Å²) in [5.74, 6) is 3.75. The molecule has 0 saturated heterocycles. The number of nitrogens with one attached hydrogen (secondary N) is 1. The van der Waals surface area contributed by atoms with Gasteiger partial charge in [0.25, 0.3) is 0 Å². The minimum Gasteiger partial charge on any atom is -0.361 e. The molecule has 12 heteroatoms. The van der Waals surface area contributed by atoms with Crippen LogP contribution in [0.2, 0.25) is 0 Å². The van der Waals surface area contributed by atoms with Crippen molar-refractivity contribution in [2.75, 3.05) is 0 Å². The number of thiazole rings is 1. The van der Waals surface area contributed by atoms with E-state index in [0.717, 1.165) is 44.6 Å². The zero-order chi connectivity index (χ0) is 51.4. The number of rotatable bonds is 0. The van der Waals surface area contributed by atoms with E-state index in [2.05, 4.69) is 266 Å². The van der Waals surface area contributed by atoms with Crippen molar-refractivity contribution in [3.8, 4) is 0 Å². The van der Waals surface area contributed by atoms with Crippen LogP contribution in [-0.4, -0.2) is 40.7 Å². The van der Waals surface area contributed by atoms with E-state index in [1.165, 1.54) is 10.7 Å². The quantitative estimate of drug-likeness (QED) is 0.161. The van der Waals surface area contributed by atoms with Crippen LogP contribution < -0.4 is 0 Å². The molecule has 5 aromatic heterocycles. The molecule has 0 aliphatic heterocycles. The van der Waals surface area contributed by atoms with E-state index in [-0.39, 0.29) is 54.1 Å². The summed E-state index contributed by atoms with van der Waals surface area (Å²) in [7, 11) is 0. The van der Waals surface area contributed by atoms with Gasteiger partial charge in [0.2, 0.25) is 0 Å². The fraction of sp³-hybridized carbons (Fsp3) is 0.755. The molecule has 370 valence electrons. The third-order valence-corrected chi connectivity index (χ3v) is 12.6. The van der Waals surface area contributed by atoms with Crippen LogP contribution in [-0.2, 0) is 54.1 Å². The molecule has 0 aromatic carbocycles. The molecule has 0 aliphatic carbocycles. The molecule has 10 nitrogen and oxygen atoms in total. The molecule has 0 atom stereocenters. The normalized spacial score (nSPS) is 13.4. The van der Waals surface area contributed by atoms with Gasteiger partial charge in [0.1, 0.15) is 27.4 Å². The van der Waals surface area contributed by atoms with Gasteiger partial charge in [0, 0.05) is 71.7 Å². The molecule has 0 spiro atoms. The predicted octanol–water partition coefficient (Wildman–Crippen LogP) is 15.8. The molecule has 0 saturated carbocycles. The van der Waals surface area contributed by atoms with Gasteiger partial charge in [-0.2, -0.15) is 5.10 Å². The molecule has 0 unspecified atom stereocenters. The average molecular weight is 940 g/mol. The molecule has 1 N–H and O–H groups in total. The van der Waals surface area contributed by atoms with Crippen LogP contribution in [0.1, 0.15) is 263 Å². The predicted molar refractivity (Wildman–Crippen MR) is 278 cm³/mol. The topological polar surface area (TPSA) is 132 Å². The molecule has 5 heterocycles.